The molecule has 3 aromatic rings. The highest BCUT2D eigenvalue weighted by Gasteiger charge is 2.40. The fraction of sp³-hybridized carbons (Fsp3) is 0.407. The topological polar surface area (TPSA) is 68.2 Å². The van der Waals surface area contributed by atoms with E-state index in [0.29, 0.717) is 17.1 Å². The van der Waals surface area contributed by atoms with E-state index in [1.54, 1.807) is 0 Å². The lowest BCUT2D eigenvalue weighted by Crippen LogP contribution is -2.36. The molecular weight excluding hydrogens is 448 g/mol. The third kappa shape index (κ3) is 5.62. The number of hydrogen-bond donors (Lipinski definition) is 2. The van der Waals surface area contributed by atoms with Crippen LogP contribution in [0.2, 0.25) is 5.02 Å². The third-order valence-electron chi connectivity index (χ3n) is 5.97. The molecule has 34 heavy (non-hydrogen) atoms. The predicted octanol–water partition coefficient (Wildman–Crippen LogP) is 5.90. The van der Waals surface area contributed by atoms with Gasteiger partial charge in [-0.1, -0.05) is 29.8 Å². The smallest absolute Gasteiger partial charge is 0.241 e. The van der Waals surface area contributed by atoms with E-state index in [2.05, 4.69) is 37.5 Å². The molecule has 1 unspecified atom stereocenters. The molecule has 2 heterocycles. The molecule has 4 rings (SSSR count). The van der Waals surface area contributed by atoms with E-state index in [4.69, 9.17) is 21.4 Å². The highest BCUT2D eigenvalue weighted by molar-refractivity contribution is 6.30. The van der Waals surface area contributed by atoms with E-state index < -0.39 is 0 Å². The summed E-state index contributed by atoms with van der Waals surface area (Å²) in [5, 5.41) is 12.2. The van der Waals surface area contributed by atoms with Gasteiger partial charge in [-0.25, -0.2) is 0 Å². The monoisotopic (exact) mass is 480 g/mol. The van der Waals surface area contributed by atoms with Crippen molar-refractivity contribution in [1.29, 1.82) is 0 Å². The summed E-state index contributed by atoms with van der Waals surface area (Å²) in [6, 6.07) is 17.0. The first-order valence-corrected chi connectivity index (χ1v) is 12.1. The lowest BCUT2D eigenvalue weighted by Gasteiger charge is -2.21. The Bertz CT molecular complexity index is 1130. The molecule has 0 saturated carbocycles. The quantitative estimate of drug-likeness (QED) is 0.460. The normalized spacial score (nSPS) is 20.5. The Morgan fingerprint density at radius 1 is 1.18 bits per heavy atom. The molecule has 180 valence electrons. The third-order valence-corrected chi connectivity index (χ3v) is 6.22. The summed E-state index contributed by atoms with van der Waals surface area (Å²) >= 11 is 6.13. The number of halogens is 1. The molecule has 6 nitrogen and oxygen atoms in total. The van der Waals surface area contributed by atoms with Crippen molar-refractivity contribution >= 4 is 23.2 Å². The molecule has 3 atom stereocenters. The number of hydrogen-bond acceptors (Lipinski definition) is 4. The summed E-state index contributed by atoms with van der Waals surface area (Å²) in [5.74, 6) is 0.714. The van der Waals surface area contributed by atoms with E-state index in [1.807, 2.05) is 73.3 Å². The maximum Gasteiger partial charge on any atom is 0.241 e. The van der Waals surface area contributed by atoms with Gasteiger partial charge in [0.15, 0.2) is 0 Å². The second-order valence-corrected chi connectivity index (χ2v) is 10.6. The first kappa shape index (κ1) is 24.3. The minimum atomic E-state index is -0.361. The molecule has 1 aromatic heterocycles. The summed E-state index contributed by atoms with van der Waals surface area (Å²) in [7, 11) is 0. The molecule has 0 aliphatic carbocycles. The lowest BCUT2D eigenvalue weighted by molar-refractivity contribution is -0.117. The van der Waals surface area contributed by atoms with Crippen LogP contribution in [0.3, 0.4) is 0 Å². The van der Waals surface area contributed by atoms with Crippen LogP contribution in [0.25, 0.3) is 0 Å². The number of ether oxygens (including phenoxy) is 1. The maximum atomic E-state index is 13.3. The van der Waals surface area contributed by atoms with Crippen LogP contribution in [0.1, 0.15) is 64.3 Å². The van der Waals surface area contributed by atoms with Gasteiger partial charge in [-0.05, 0) is 76.9 Å². The van der Waals surface area contributed by atoms with Crippen LogP contribution in [0.5, 0.6) is 5.75 Å². The van der Waals surface area contributed by atoms with Gasteiger partial charge in [-0.2, -0.15) is 5.10 Å². The Morgan fingerprint density at radius 2 is 1.91 bits per heavy atom. The van der Waals surface area contributed by atoms with Crippen LogP contribution in [0.4, 0.5) is 5.69 Å². The molecule has 1 aliphatic rings. The summed E-state index contributed by atoms with van der Waals surface area (Å²) < 4.78 is 7.74. The van der Waals surface area contributed by atoms with Gasteiger partial charge >= 0.3 is 0 Å². The first-order valence-electron chi connectivity index (χ1n) is 11.8. The van der Waals surface area contributed by atoms with Crippen LogP contribution in [0.15, 0.2) is 60.8 Å². The average Bonchev–Trinajstić information content (AvgIpc) is 3.41. The van der Waals surface area contributed by atoms with Crippen molar-refractivity contribution in [2.24, 2.45) is 0 Å². The van der Waals surface area contributed by atoms with Crippen molar-refractivity contribution in [1.82, 2.24) is 15.1 Å². The minimum absolute atomic E-state index is 0.0491. The Kier molecular flexibility index (Phi) is 7.01. The second-order valence-electron chi connectivity index (χ2n) is 10.1. The molecule has 0 bridgehead atoms. The molecule has 0 spiro atoms. The van der Waals surface area contributed by atoms with Crippen molar-refractivity contribution < 1.29 is 9.53 Å². The highest BCUT2D eigenvalue weighted by atomic mass is 35.5. The first-order chi connectivity index (χ1) is 16.1. The van der Waals surface area contributed by atoms with Gasteiger partial charge in [-0.15, -0.1) is 0 Å². The number of nitrogens with zero attached hydrogens (tertiary/aromatic N) is 2. The predicted molar refractivity (Wildman–Crippen MR) is 137 cm³/mol. The fourth-order valence-corrected chi connectivity index (χ4v) is 4.45. The van der Waals surface area contributed by atoms with Crippen molar-refractivity contribution in [3.05, 3.63) is 77.1 Å². The fourth-order valence-electron chi connectivity index (χ4n) is 4.32. The van der Waals surface area contributed by atoms with Crippen LogP contribution < -0.4 is 15.4 Å². The molecule has 1 amide bonds. The summed E-state index contributed by atoms with van der Waals surface area (Å²) in [5.41, 5.74) is 2.67. The zero-order valence-corrected chi connectivity index (χ0v) is 21.1. The largest absolute Gasteiger partial charge is 0.491 e. The van der Waals surface area contributed by atoms with E-state index in [0.717, 1.165) is 17.0 Å². The highest BCUT2D eigenvalue weighted by Crippen LogP contribution is 2.40. The Labute approximate surface area is 206 Å². The average molecular weight is 481 g/mol. The van der Waals surface area contributed by atoms with E-state index >= 15 is 0 Å². The Morgan fingerprint density at radius 3 is 2.56 bits per heavy atom. The molecule has 0 radical (unpaired) electrons. The maximum absolute atomic E-state index is 13.3. The number of anilines is 1. The number of aromatic nitrogens is 2. The second kappa shape index (κ2) is 9.80. The van der Waals surface area contributed by atoms with Gasteiger partial charge in [-0.3, -0.25) is 14.8 Å². The van der Waals surface area contributed by atoms with E-state index in [1.165, 1.54) is 0 Å². The molecule has 1 saturated heterocycles. The van der Waals surface area contributed by atoms with Gasteiger partial charge in [0.1, 0.15) is 5.75 Å². The summed E-state index contributed by atoms with van der Waals surface area (Å²) in [4.78, 5) is 13.3. The van der Waals surface area contributed by atoms with Crippen LogP contribution in [-0.2, 0) is 10.3 Å². The summed E-state index contributed by atoms with van der Waals surface area (Å²) in [6.07, 6.45) is 2.72. The molecule has 2 N–H and O–H groups in total. The van der Waals surface area contributed by atoms with Gasteiger partial charge in [0.25, 0.3) is 0 Å². The number of carbonyl (C=O) groups is 1. The van der Waals surface area contributed by atoms with Crippen molar-refractivity contribution in [3.8, 4) is 5.75 Å². The Hall–Kier alpha value is -2.83. The zero-order chi connectivity index (χ0) is 24.5. The molecule has 1 aliphatic heterocycles. The SMILES string of the molecule is CC(C)Oc1cccc(NC(=O)[C@@H]2CC(c3ccn(C(C)(C)C)n3)[C@H](c3ccc(Cl)cc3)N2)c1. The molecule has 7 heteroatoms. The number of amides is 1. The Balaban J connectivity index is 1.56. The number of carbonyl (C=O) groups excluding carboxylic acids is 1. The van der Waals surface area contributed by atoms with Gasteiger partial charge < -0.3 is 10.1 Å². The lowest BCUT2D eigenvalue weighted by atomic mass is 9.90. The standard InChI is InChI=1S/C27H33ClN4O2/c1-17(2)34-21-8-6-7-20(15-21)29-26(33)24-16-22(23-13-14-32(31-23)27(3,4)5)25(30-24)18-9-11-19(28)12-10-18/h6-15,17,22,24-25,30H,16H2,1-5H3,(H,29,33)/t22?,24-,25-/m0/s1. The van der Waals surface area contributed by atoms with E-state index in [9.17, 15) is 4.79 Å². The van der Waals surface area contributed by atoms with Crippen LogP contribution in [-0.4, -0.2) is 27.8 Å². The van der Waals surface area contributed by atoms with Gasteiger partial charge in [0.05, 0.1) is 23.4 Å². The summed E-state index contributed by atoms with van der Waals surface area (Å²) in [6.45, 7) is 10.3. The van der Waals surface area contributed by atoms with Crippen molar-refractivity contribution in [2.45, 2.75) is 70.7 Å². The van der Waals surface area contributed by atoms with Gasteiger partial charge in [0, 0.05) is 34.9 Å². The molecule has 2 aromatic carbocycles. The van der Waals surface area contributed by atoms with Crippen molar-refractivity contribution in [3.63, 3.8) is 0 Å². The zero-order valence-electron chi connectivity index (χ0n) is 20.4. The van der Waals surface area contributed by atoms with Gasteiger partial charge in [0.2, 0.25) is 5.91 Å². The number of nitrogens with one attached hydrogen (secondary N) is 2. The van der Waals surface area contributed by atoms with Crippen LogP contribution >= 0.6 is 11.6 Å². The van der Waals surface area contributed by atoms with E-state index in [-0.39, 0.29) is 35.6 Å². The van der Waals surface area contributed by atoms with Crippen molar-refractivity contribution in [2.75, 3.05) is 5.32 Å². The van der Waals surface area contributed by atoms with Crippen LogP contribution in [0, 0.1) is 0 Å². The minimum Gasteiger partial charge on any atom is -0.491 e. The number of rotatable bonds is 6. The molecule has 1 fully saturated rings. The molecular formula is C27H33ClN4O2. The number of benzene rings is 2.